The Morgan fingerprint density at radius 3 is 2.68 bits per heavy atom. The Hall–Kier alpha value is -2.48. The van der Waals surface area contributed by atoms with Crippen LogP contribution in [-0.4, -0.2) is 21.3 Å². The maximum atomic E-state index is 11.7. The summed E-state index contributed by atoms with van der Waals surface area (Å²) < 4.78 is 11.1. The van der Waals surface area contributed by atoms with E-state index in [1.165, 1.54) is 6.08 Å². The number of hydrogen-bond acceptors (Lipinski definition) is 6. The van der Waals surface area contributed by atoms with Gasteiger partial charge in [-0.2, -0.15) is 0 Å². The molecule has 0 spiro atoms. The van der Waals surface area contributed by atoms with Crippen LogP contribution >= 0.6 is 35.0 Å². The van der Waals surface area contributed by atoms with Gasteiger partial charge < -0.3 is 14.3 Å². The molecule has 1 N–H and O–H groups in total. The fourth-order valence-corrected chi connectivity index (χ4v) is 3.34. The first-order valence-electron chi connectivity index (χ1n) is 8.00. The smallest absolute Gasteiger partial charge is 0.342 e. The number of aromatic nitrogens is 2. The Morgan fingerprint density at radius 1 is 1.21 bits per heavy atom. The Balaban J connectivity index is 1.87. The van der Waals surface area contributed by atoms with E-state index in [9.17, 15) is 9.90 Å². The van der Waals surface area contributed by atoms with E-state index in [4.69, 9.17) is 32.4 Å². The van der Waals surface area contributed by atoms with Crippen LogP contribution in [-0.2, 0) is 11.4 Å². The number of carbonyl (C=O) groups is 1. The summed E-state index contributed by atoms with van der Waals surface area (Å²) in [5.74, 6) is -0.312. The lowest BCUT2D eigenvalue weighted by Crippen LogP contribution is -1.99. The molecule has 2 aromatic carbocycles. The summed E-state index contributed by atoms with van der Waals surface area (Å²) in [5, 5.41) is 18.2. The molecule has 3 rings (SSSR count). The van der Waals surface area contributed by atoms with Gasteiger partial charge in [0.15, 0.2) is 0 Å². The van der Waals surface area contributed by atoms with Crippen molar-refractivity contribution in [3.05, 3.63) is 74.4 Å². The summed E-state index contributed by atoms with van der Waals surface area (Å²) in [4.78, 5) is 11.6. The van der Waals surface area contributed by atoms with Crippen LogP contribution in [0.25, 0.3) is 6.08 Å². The molecule has 0 amide bonds. The normalized spacial score (nSPS) is 11.5. The maximum absolute atomic E-state index is 11.7. The van der Waals surface area contributed by atoms with Gasteiger partial charge in [-0.15, -0.1) is 10.2 Å². The number of halogens is 2. The number of hydrogen-bond donors (Lipinski definition) is 1. The third-order valence-electron chi connectivity index (χ3n) is 3.46. The summed E-state index contributed by atoms with van der Waals surface area (Å²) in [7, 11) is 0. The zero-order chi connectivity index (χ0) is 20.1. The summed E-state index contributed by atoms with van der Waals surface area (Å²) in [6, 6.07) is 12.3. The highest BCUT2D eigenvalue weighted by Crippen LogP contribution is 2.32. The quantitative estimate of drug-likeness (QED) is 0.387. The van der Waals surface area contributed by atoms with Gasteiger partial charge in [-0.25, -0.2) is 4.79 Å². The van der Waals surface area contributed by atoms with Gasteiger partial charge >= 0.3 is 5.97 Å². The van der Waals surface area contributed by atoms with E-state index in [1.807, 2.05) is 12.1 Å². The summed E-state index contributed by atoms with van der Waals surface area (Å²) in [6.07, 6.45) is 1.45. The number of thioether (sulfide) groups is 1. The maximum Gasteiger partial charge on any atom is 0.342 e. The molecule has 1 heterocycles. The van der Waals surface area contributed by atoms with E-state index in [-0.39, 0.29) is 16.7 Å². The van der Waals surface area contributed by atoms with Gasteiger partial charge in [-0.1, -0.05) is 35.3 Å². The lowest BCUT2D eigenvalue weighted by atomic mass is 10.2. The van der Waals surface area contributed by atoms with Gasteiger partial charge in [0.1, 0.15) is 17.3 Å². The monoisotopic (exact) mass is 436 g/mol. The number of benzene rings is 2. The molecule has 0 bridgehead atoms. The second-order valence-corrected chi connectivity index (χ2v) is 7.47. The highest BCUT2D eigenvalue weighted by atomic mass is 35.5. The van der Waals surface area contributed by atoms with E-state index < -0.39 is 5.97 Å². The van der Waals surface area contributed by atoms with E-state index in [0.717, 1.165) is 17.3 Å². The van der Waals surface area contributed by atoms with Gasteiger partial charge in [-0.05, 0) is 53.7 Å². The second kappa shape index (κ2) is 9.14. The minimum atomic E-state index is -1.14. The third-order valence-corrected chi connectivity index (χ3v) is 4.78. The number of carboxylic acids is 1. The lowest BCUT2D eigenvalue weighted by Gasteiger charge is -2.11. The Morgan fingerprint density at radius 2 is 2.00 bits per heavy atom. The molecule has 0 atom stereocenters. The first-order chi connectivity index (χ1) is 13.4. The van der Waals surface area contributed by atoms with Gasteiger partial charge in [-0.3, -0.25) is 0 Å². The molecule has 3 aromatic rings. The number of aliphatic carboxylic acids is 1. The molecule has 0 aliphatic heterocycles. The molecule has 0 radical (unpaired) electrons. The van der Waals surface area contributed by atoms with Gasteiger partial charge in [0.25, 0.3) is 5.22 Å². The van der Waals surface area contributed by atoms with Crippen molar-refractivity contribution in [2.45, 2.75) is 18.8 Å². The van der Waals surface area contributed by atoms with Crippen molar-refractivity contribution in [2.24, 2.45) is 0 Å². The number of carboxylic acid groups (broad SMARTS) is 1. The minimum absolute atomic E-state index is 0.0153. The fourth-order valence-electron chi connectivity index (χ4n) is 2.24. The zero-order valence-electron chi connectivity index (χ0n) is 14.6. The van der Waals surface area contributed by atoms with Crippen molar-refractivity contribution in [2.75, 3.05) is 0 Å². The Bertz CT molecular complexity index is 1040. The number of nitrogens with zero attached hydrogens (tertiary/aromatic N) is 2. The Labute approximate surface area is 175 Å². The van der Waals surface area contributed by atoms with Crippen LogP contribution in [0.4, 0.5) is 0 Å². The van der Waals surface area contributed by atoms with Crippen molar-refractivity contribution < 1.29 is 19.1 Å². The molecular weight excluding hydrogens is 423 g/mol. The van der Waals surface area contributed by atoms with Crippen molar-refractivity contribution in [3.63, 3.8) is 0 Å². The van der Waals surface area contributed by atoms with Crippen LogP contribution in [0.3, 0.4) is 0 Å². The van der Waals surface area contributed by atoms with Gasteiger partial charge in [0.05, 0.1) is 0 Å². The predicted octanol–water partition coefficient (Wildman–Crippen LogP) is 5.48. The molecule has 144 valence electrons. The molecule has 1 aromatic heterocycles. The van der Waals surface area contributed by atoms with Crippen molar-refractivity contribution in [1.29, 1.82) is 0 Å². The highest BCUT2D eigenvalue weighted by molar-refractivity contribution is 8.03. The third kappa shape index (κ3) is 5.51. The number of ether oxygens (including phenoxy) is 1. The largest absolute Gasteiger partial charge is 0.488 e. The van der Waals surface area contributed by atoms with Gasteiger partial charge in [0, 0.05) is 22.5 Å². The predicted molar refractivity (Wildman–Crippen MR) is 108 cm³/mol. The topological polar surface area (TPSA) is 85.5 Å². The van der Waals surface area contributed by atoms with Gasteiger partial charge in [0.2, 0.25) is 5.89 Å². The summed E-state index contributed by atoms with van der Waals surface area (Å²) in [6.45, 7) is 1.89. The van der Waals surface area contributed by atoms with Crippen LogP contribution in [0, 0.1) is 6.92 Å². The van der Waals surface area contributed by atoms with E-state index in [2.05, 4.69) is 10.2 Å². The van der Waals surface area contributed by atoms with Crippen LogP contribution in [0.15, 0.2) is 57.0 Å². The van der Waals surface area contributed by atoms with Crippen LogP contribution in [0.2, 0.25) is 10.0 Å². The summed E-state index contributed by atoms with van der Waals surface area (Å²) >= 11 is 12.9. The van der Waals surface area contributed by atoms with Crippen LogP contribution in [0.1, 0.15) is 17.0 Å². The average Bonchev–Trinajstić information content (AvgIpc) is 3.05. The van der Waals surface area contributed by atoms with Crippen molar-refractivity contribution >= 4 is 47.0 Å². The van der Waals surface area contributed by atoms with Crippen molar-refractivity contribution in [3.8, 4) is 5.75 Å². The Kier molecular flexibility index (Phi) is 6.61. The SMILES string of the molecule is Cc1nnc(S/C(=C\c2cc(Cl)ccc2OCc2cccc(Cl)c2)C(=O)O)o1. The van der Waals surface area contributed by atoms with Crippen molar-refractivity contribution in [1.82, 2.24) is 10.2 Å². The van der Waals surface area contributed by atoms with E-state index >= 15 is 0 Å². The zero-order valence-corrected chi connectivity index (χ0v) is 16.9. The molecule has 0 aliphatic carbocycles. The number of rotatable bonds is 7. The molecule has 0 saturated carbocycles. The minimum Gasteiger partial charge on any atom is -0.488 e. The summed E-state index contributed by atoms with van der Waals surface area (Å²) in [5.41, 5.74) is 1.39. The molecule has 28 heavy (non-hydrogen) atoms. The van der Waals surface area contributed by atoms with Crippen LogP contribution in [0.5, 0.6) is 5.75 Å². The molecule has 9 heteroatoms. The lowest BCUT2D eigenvalue weighted by molar-refractivity contribution is -0.131. The molecule has 6 nitrogen and oxygen atoms in total. The fraction of sp³-hybridized carbons (Fsp3) is 0.105. The first kappa shape index (κ1) is 20.3. The average molecular weight is 437 g/mol. The van der Waals surface area contributed by atoms with E-state index in [0.29, 0.717) is 27.2 Å². The molecule has 0 saturated heterocycles. The highest BCUT2D eigenvalue weighted by Gasteiger charge is 2.16. The first-order valence-corrected chi connectivity index (χ1v) is 9.57. The number of aryl methyl sites for hydroxylation is 1. The molecular formula is C19H14Cl2N2O4S. The van der Waals surface area contributed by atoms with E-state index in [1.54, 1.807) is 37.3 Å². The van der Waals surface area contributed by atoms with Crippen LogP contribution < -0.4 is 4.74 Å². The standard InChI is InChI=1S/C19H14Cl2N2O4S/c1-11-22-23-19(27-11)28-17(18(24)25)9-13-8-15(21)5-6-16(13)26-10-12-3-2-4-14(20)7-12/h2-9H,10H2,1H3,(H,24,25)/b17-9-. The molecule has 0 unspecified atom stereocenters. The molecule has 0 fully saturated rings. The second-order valence-electron chi connectivity index (χ2n) is 5.60. The molecule has 0 aliphatic rings.